The Kier molecular flexibility index (Phi) is 6.07. The van der Waals surface area contributed by atoms with E-state index in [1.807, 2.05) is 0 Å². The van der Waals surface area contributed by atoms with E-state index in [9.17, 15) is 21.6 Å². The summed E-state index contributed by atoms with van der Waals surface area (Å²) in [6.45, 7) is 2.65. The van der Waals surface area contributed by atoms with Crippen LogP contribution in [0.15, 0.2) is 41.4 Å². The van der Waals surface area contributed by atoms with Gasteiger partial charge in [-0.15, -0.1) is 0 Å². The molecular formula is C19H23F3N2O4S. The Morgan fingerprint density at radius 3 is 2.79 bits per heavy atom. The Morgan fingerprint density at radius 2 is 2.10 bits per heavy atom. The first kappa shape index (κ1) is 21.8. The van der Waals surface area contributed by atoms with Crippen molar-refractivity contribution in [3.05, 3.63) is 47.8 Å². The van der Waals surface area contributed by atoms with Gasteiger partial charge < -0.3 is 9.47 Å². The maximum Gasteiger partial charge on any atom is 0.416 e. The van der Waals surface area contributed by atoms with Crippen LogP contribution in [0.5, 0.6) is 0 Å². The molecule has 0 amide bonds. The summed E-state index contributed by atoms with van der Waals surface area (Å²) in [5.41, 5.74) is -0.268. The minimum absolute atomic E-state index is 0.115. The third kappa shape index (κ3) is 4.34. The normalized spacial score (nSPS) is 23.3. The number of halogens is 3. The van der Waals surface area contributed by atoms with Crippen LogP contribution in [-0.4, -0.2) is 43.3 Å². The van der Waals surface area contributed by atoms with E-state index in [-0.39, 0.29) is 24.3 Å². The van der Waals surface area contributed by atoms with Crippen LogP contribution >= 0.6 is 0 Å². The van der Waals surface area contributed by atoms with Crippen molar-refractivity contribution in [2.75, 3.05) is 20.3 Å². The van der Waals surface area contributed by atoms with Crippen LogP contribution in [0, 0.1) is 0 Å². The van der Waals surface area contributed by atoms with Crippen molar-refractivity contribution in [1.82, 2.24) is 9.78 Å². The van der Waals surface area contributed by atoms with E-state index in [0.717, 1.165) is 12.1 Å². The number of sulfone groups is 1. The third-order valence-corrected chi connectivity index (χ3v) is 7.82. The zero-order valence-corrected chi connectivity index (χ0v) is 17.0. The number of hydrogen-bond acceptors (Lipinski definition) is 5. The Morgan fingerprint density at radius 1 is 1.34 bits per heavy atom. The summed E-state index contributed by atoms with van der Waals surface area (Å²) >= 11 is 0. The van der Waals surface area contributed by atoms with Crippen LogP contribution in [0.25, 0.3) is 0 Å². The van der Waals surface area contributed by atoms with E-state index in [4.69, 9.17) is 9.47 Å². The highest BCUT2D eigenvalue weighted by Crippen LogP contribution is 2.42. The molecule has 1 aliphatic heterocycles. The van der Waals surface area contributed by atoms with Gasteiger partial charge in [-0.1, -0.05) is 6.07 Å². The lowest BCUT2D eigenvalue weighted by molar-refractivity contribution is -0.137. The molecule has 2 aromatic rings. The first-order chi connectivity index (χ1) is 13.6. The topological polar surface area (TPSA) is 70.4 Å². The van der Waals surface area contributed by atoms with E-state index in [0.29, 0.717) is 24.9 Å². The highest BCUT2D eigenvalue weighted by atomic mass is 32.2. The minimum atomic E-state index is -4.61. The molecule has 2 heterocycles. The molecule has 29 heavy (non-hydrogen) atoms. The third-order valence-electron chi connectivity index (χ3n) is 5.27. The standard InChI is InChI=1S/C19H23F3N2O4S/c1-18(29(25,26)15-5-3-4-14(12-15)19(20,21)22)7-10-28-17(13-18)16-6-8-23-24(16)9-11-27-2/h3-6,8,12,17H,7,9-11,13H2,1-2H3. The first-order valence-corrected chi connectivity index (χ1v) is 10.6. The monoisotopic (exact) mass is 432 g/mol. The van der Waals surface area contributed by atoms with Crippen molar-refractivity contribution >= 4 is 9.84 Å². The second-order valence-corrected chi connectivity index (χ2v) is 9.73. The average Bonchev–Trinajstić information content (AvgIpc) is 3.14. The predicted molar refractivity (Wildman–Crippen MR) is 99.1 cm³/mol. The molecule has 0 N–H and O–H groups in total. The number of benzene rings is 1. The van der Waals surface area contributed by atoms with Gasteiger partial charge in [-0.2, -0.15) is 18.3 Å². The van der Waals surface area contributed by atoms with Gasteiger partial charge in [-0.05, 0) is 44.0 Å². The second kappa shape index (κ2) is 8.08. The molecule has 0 bridgehead atoms. The van der Waals surface area contributed by atoms with Crippen LogP contribution < -0.4 is 0 Å². The van der Waals surface area contributed by atoms with Crippen molar-refractivity contribution in [3.8, 4) is 0 Å². The van der Waals surface area contributed by atoms with Crippen LogP contribution in [0.3, 0.4) is 0 Å². The molecule has 0 spiro atoms. The number of nitrogens with zero attached hydrogens (tertiary/aromatic N) is 2. The number of hydrogen-bond donors (Lipinski definition) is 0. The first-order valence-electron chi connectivity index (χ1n) is 9.13. The van der Waals surface area contributed by atoms with Gasteiger partial charge in [-0.3, -0.25) is 4.68 Å². The van der Waals surface area contributed by atoms with Gasteiger partial charge in [0.05, 0.1) is 34.1 Å². The average molecular weight is 432 g/mol. The maximum atomic E-state index is 13.3. The SMILES string of the molecule is COCCn1nccc1C1CC(C)(S(=O)(=O)c2cccc(C(F)(F)F)c2)CCO1. The van der Waals surface area contributed by atoms with Gasteiger partial charge in [0.2, 0.25) is 0 Å². The fourth-order valence-corrected chi connectivity index (χ4v) is 5.34. The molecule has 6 nitrogen and oxygen atoms in total. The van der Waals surface area contributed by atoms with Crippen LogP contribution in [0.2, 0.25) is 0 Å². The molecule has 1 fully saturated rings. The van der Waals surface area contributed by atoms with Crippen molar-refractivity contribution < 1.29 is 31.1 Å². The maximum absolute atomic E-state index is 13.3. The van der Waals surface area contributed by atoms with Gasteiger partial charge in [0.1, 0.15) is 6.10 Å². The molecule has 1 aromatic carbocycles. The summed E-state index contributed by atoms with van der Waals surface area (Å²) in [5.74, 6) is 0. The largest absolute Gasteiger partial charge is 0.416 e. The predicted octanol–water partition coefficient (Wildman–Crippen LogP) is 3.63. The van der Waals surface area contributed by atoms with Gasteiger partial charge in [0.15, 0.2) is 9.84 Å². The zero-order valence-electron chi connectivity index (χ0n) is 16.1. The van der Waals surface area contributed by atoms with Gasteiger partial charge in [0, 0.05) is 19.9 Å². The highest BCUT2D eigenvalue weighted by molar-refractivity contribution is 7.92. The molecule has 10 heteroatoms. The smallest absolute Gasteiger partial charge is 0.383 e. The minimum Gasteiger partial charge on any atom is -0.383 e. The number of rotatable bonds is 6. The van der Waals surface area contributed by atoms with E-state index in [2.05, 4.69) is 5.10 Å². The van der Waals surface area contributed by atoms with Crippen LogP contribution in [-0.2, 0) is 32.0 Å². The molecule has 0 saturated carbocycles. The molecule has 2 atom stereocenters. The van der Waals surface area contributed by atoms with E-state index >= 15 is 0 Å². The van der Waals surface area contributed by atoms with Crippen LogP contribution in [0.4, 0.5) is 13.2 Å². The molecule has 160 valence electrons. The summed E-state index contributed by atoms with van der Waals surface area (Å²) in [4.78, 5) is -0.330. The number of alkyl halides is 3. The lowest BCUT2D eigenvalue weighted by atomic mass is 9.95. The van der Waals surface area contributed by atoms with Crippen molar-refractivity contribution in [1.29, 1.82) is 0 Å². The van der Waals surface area contributed by atoms with E-state index in [1.165, 1.54) is 6.07 Å². The summed E-state index contributed by atoms with van der Waals surface area (Å²) in [7, 11) is -2.46. The van der Waals surface area contributed by atoms with Gasteiger partial charge >= 0.3 is 6.18 Å². The molecule has 3 rings (SSSR count). The molecule has 0 radical (unpaired) electrons. The lowest BCUT2D eigenvalue weighted by Gasteiger charge is -2.37. The Balaban J connectivity index is 1.91. The number of ether oxygens (including phenoxy) is 2. The molecule has 2 unspecified atom stereocenters. The number of methoxy groups -OCH3 is 1. The Labute approximate surface area is 167 Å². The molecular weight excluding hydrogens is 409 g/mol. The van der Waals surface area contributed by atoms with E-state index < -0.39 is 32.4 Å². The molecule has 1 saturated heterocycles. The molecule has 0 aliphatic carbocycles. The zero-order chi connectivity index (χ0) is 21.3. The molecule has 1 aromatic heterocycles. The lowest BCUT2D eigenvalue weighted by Crippen LogP contribution is -2.42. The fourth-order valence-electron chi connectivity index (χ4n) is 3.51. The van der Waals surface area contributed by atoms with Gasteiger partial charge in [0.25, 0.3) is 0 Å². The van der Waals surface area contributed by atoms with Crippen LogP contribution in [0.1, 0.15) is 37.1 Å². The Hall–Kier alpha value is -1.91. The highest BCUT2D eigenvalue weighted by Gasteiger charge is 2.46. The number of aromatic nitrogens is 2. The van der Waals surface area contributed by atoms with Crippen molar-refractivity contribution in [2.45, 2.75) is 48.2 Å². The Bertz CT molecular complexity index is 958. The second-order valence-electron chi connectivity index (χ2n) is 7.26. The van der Waals surface area contributed by atoms with Crippen molar-refractivity contribution in [3.63, 3.8) is 0 Å². The van der Waals surface area contributed by atoms with Crippen molar-refractivity contribution in [2.24, 2.45) is 0 Å². The van der Waals surface area contributed by atoms with E-state index in [1.54, 1.807) is 31.0 Å². The summed E-state index contributed by atoms with van der Waals surface area (Å²) in [6, 6.07) is 5.65. The summed E-state index contributed by atoms with van der Waals surface area (Å²) < 4.78 is 77.0. The summed E-state index contributed by atoms with van der Waals surface area (Å²) in [6.07, 6.45) is -3.24. The fraction of sp³-hybridized carbons (Fsp3) is 0.526. The summed E-state index contributed by atoms with van der Waals surface area (Å²) in [5, 5.41) is 4.22. The molecule has 1 aliphatic rings. The quantitative estimate of drug-likeness (QED) is 0.697. The van der Waals surface area contributed by atoms with Gasteiger partial charge in [-0.25, -0.2) is 8.42 Å².